The highest BCUT2D eigenvalue weighted by atomic mass is 28.3. The number of aryl methyl sites for hydroxylation is 3. The monoisotopic (exact) mass is 753 g/mol. The van der Waals surface area contributed by atoms with Gasteiger partial charge in [0.15, 0.2) is 0 Å². The first-order chi connectivity index (χ1) is 27.6. The van der Waals surface area contributed by atoms with Crippen LogP contribution in [0, 0.1) is 32.2 Å². The SMILES string of the molecule is Cc1ccc(-c2c3nc(c(-c4ccc(C)cc4)c4ccc(o4)c(-c4ccc(C)cc4)c4nc(c(-c5ccc(C#C[Si](C)(C)C)cc5)c5ccc2[nH]5)C=C4)C=C3)cc1. The Hall–Kier alpha value is -6.74. The lowest BCUT2D eigenvalue weighted by Crippen LogP contribution is -2.16. The Labute approximate surface area is 335 Å². The normalized spacial score (nSPS) is 12.1. The molecule has 3 aromatic heterocycles. The summed E-state index contributed by atoms with van der Waals surface area (Å²) < 4.78 is 6.95. The lowest BCUT2D eigenvalue weighted by atomic mass is 10.0. The van der Waals surface area contributed by atoms with Crippen molar-refractivity contribution in [3.05, 3.63) is 166 Å². The highest BCUT2D eigenvalue weighted by Gasteiger charge is 2.20. The van der Waals surface area contributed by atoms with E-state index in [4.69, 9.17) is 14.4 Å². The van der Waals surface area contributed by atoms with Gasteiger partial charge in [-0.1, -0.05) is 127 Å². The van der Waals surface area contributed by atoms with Gasteiger partial charge in [0.1, 0.15) is 19.2 Å². The van der Waals surface area contributed by atoms with E-state index < -0.39 is 8.07 Å². The molecule has 0 aliphatic carbocycles. The maximum atomic E-state index is 6.95. The number of rotatable bonds is 4. The molecule has 4 nitrogen and oxygen atoms in total. The summed E-state index contributed by atoms with van der Waals surface area (Å²) in [5, 5.41) is 0. The van der Waals surface area contributed by atoms with Crippen LogP contribution < -0.4 is 0 Å². The molecule has 0 saturated carbocycles. The van der Waals surface area contributed by atoms with Crippen LogP contribution >= 0.6 is 0 Å². The van der Waals surface area contributed by atoms with Crippen molar-refractivity contribution < 1.29 is 4.42 Å². The summed E-state index contributed by atoms with van der Waals surface area (Å²) in [6, 6.07) is 42.9. The van der Waals surface area contributed by atoms with E-state index in [2.05, 4.69) is 202 Å². The minimum atomic E-state index is -1.53. The lowest BCUT2D eigenvalue weighted by molar-refractivity contribution is 0.667. The molecule has 2 aliphatic heterocycles. The molecular weight excluding hydrogens is 711 g/mol. The summed E-state index contributed by atoms with van der Waals surface area (Å²) in [7, 11) is -1.53. The third-order valence-corrected chi connectivity index (χ3v) is 11.3. The molecule has 0 unspecified atom stereocenters. The van der Waals surface area contributed by atoms with Crippen LogP contribution in [0.2, 0.25) is 19.6 Å². The Bertz CT molecular complexity index is 2940. The smallest absolute Gasteiger partial charge is 0.137 e. The zero-order valence-electron chi connectivity index (χ0n) is 33.2. The Kier molecular flexibility index (Phi) is 9.08. The zero-order valence-corrected chi connectivity index (χ0v) is 34.2. The van der Waals surface area contributed by atoms with Gasteiger partial charge in [0, 0.05) is 27.7 Å². The first-order valence-electron chi connectivity index (χ1n) is 19.5. The molecular formula is C52H43N3OSi. The molecule has 1 N–H and O–H groups in total. The van der Waals surface area contributed by atoms with E-state index in [9.17, 15) is 0 Å². The number of H-pyrrole nitrogens is 1. The average molecular weight is 754 g/mol. The molecule has 0 radical (unpaired) electrons. The number of nitrogens with one attached hydrogen (secondary N) is 1. The van der Waals surface area contributed by atoms with Gasteiger partial charge in [-0.3, -0.25) is 0 Å². The van der Waals surface area contributed by atoms with Gasteiger partial charge in [0.25, 0.3) is 0 Å². The van der Waals surface area contributed by atoms with Gasteiger partial charge in [-0.15, -0.1) is 5.54 Å². The van der Waals surface area contributed by atoms with Crippen molar-refractivity contribution in [1.29, 1.82) is 0 Å². The van der Waals surface area contributed by atoms with Gasteiger partial charge in [-0.05, 0) is 104 Å². The van der Waals surface area contributed by atoms with Gasteiger partial charge in [-0.2, -0.15) is 0 Å². The lowest BCUT2D eigenvalue weighted by Gasteiger charge is -2.07. The summed E-state index contributed by atoms with van der Waals surface area (Å²) in [6.45, 7) is 13.1. The molecule has 2 aliphatic rings. The number of benzene rings is 4. The summed E-state index contributed by atoms with van der Waals surface area (Å²) >= 11 is 0. The number of fused-ring (bicyclic) bond motifs is 8. The summed E-state index contributed by atoms with van der Waals surface area (Å²) in [6.07, 6.45) is 8.48. The third-order valence-electron chi connectivity index (χ3n) is 10.4. The van der Waals surface area contributed by atoms with Crippen molar-refractivity contribution in [2.45, 2.75) is 40.4 Å². The van der Waals surface area contributed by atoms with Gasteiger partial charge in [0.2, 0.25) is 0 Å². The predicted molar refractivity (Wildman–Crippen MR) is 243 cm³/mol. The Balaban J connectivity index is 1.42. The van der Waals surface area contributed by atoms with Crippen molar-refractivity contribution in [2.75, 3.05) is 0 Å². The van der Waals surface area contributed by atoms with E-state index in [-0.39, 0.29) is 0 Å². The van der Waals surface area contributed by atoms with E-state index in [1.807, 2.05) is 0 Å². The van der Waals surface area contributed by atoms with E-state index in [0.717, 1.165) is 95.0 Å². The van der Waals surface area contributed by atoms with Crippen molar-refractivity contribution >= 4 is 54.6 Å². The molecule has 0 amide bonds. The first kappa shape index (κ1) is 35.9. The fraction of sp³-hybridized carbons (Fsp3) is 0.115. The summed E-state index contributed by atoms with van der Waals surface area (Å²) in [5.41, 5.74) is 23.0. The molecule has 8 bridgehead atoms. The number of hydrogen-bond acceptors (Lipinski definition) is 3. The van der Waals surface area contributed by atoms with Crippen LogP contribution in [-0.4, -0.2) is 23.0 Å². The number of hydrogen-bond donors (Lipinski definition) is 1. The van der Waals surface area contributed by atoms with Crippen LogP contribution in [0.3, 0.4) is 0 Å². The quantitative estimate of drug-likeness (QED) is 0.144. The molecule has 0 saturated heterocycles. The van der Waals surface area contributed by atoms with Crippen molar-refractivity contribution in [3.63, 3.8) is 0 Å². The van der Waals surface area contributed by atoms with Crippen LogP contribution in [0.4, 0.5) is 0 Å². The van der Waals surface area contributed by atoms with Crippen LogP contribution in [0.1, 0.15) is 45.0 Å². The molecule has 7 aromatic rings. The molecule has 276 valence electrons. The zero-order chi connectivity index (χ0) is 39.3. The highest BCUT2D eigenvalue weighted by molar-refractivity contribution is 6.83. The van der Waals surface area contributed by atoms with E-state index >= 15 is 0 Å². The molecule has 57 heavy (non-hydrogen) atoms. The number of furan rings is 1. The summed E-state index contributed by atoms with van der Waals surface area (Å²) in [5.74, 6) is 3.42. The molecule has 4 aromatic carbocycles. The van der Waals surface area contributed by atoms with Gasteiger partial charge in [-0.25, -0.2) is 9.97 Å². The second kappa shape index (κ2) is 14.4. The standard InChI is InChI=1S/C52H43N3OSi/c1-33-7-15-37(16-8-33)49-41-23-24-42(53-41)50(38-21-13-36(14-22-38)31-32-57(4,5)6)44-26-28-46(55-44)52(40-19-11-35(3)12-20-40)48-30-29-47(56-48)51(45-27-25-43(49)54-45)39-17-9-34(2)10-18-39/h7-30,53H,1-6H3. The molecule has 5 heteroatoms. The van der Waals surface area contributed by atoms with Crippen LogP contribution in [0.5, 0.6) is 0 Å². The van der Waals surface area contributed by atoms with E-state index in [1.165, 1.54) is 16.7 Å². The predicted octanol–water partition coefficient (Wildman–Crippen LogP) is 13.7. The van der Waals surface area contributed by atoms with Crippen LogP contribution in [0.15, 0.2) is 126 Å². The molecule has 5 heterocycles. The van der Waals surface area contributed by atoms with Crippen molar-refractivity contribution in [3.8, 4) is 56.0 Å². The molecule has 9 rings (SSSR count). The van der Waals surface area contributed by atoms with Crippen molar-refractivity contribution in [1.82, 2.24) is 15.0 Å². The second-order valence-electron chi connectivity index (χ2n) is 16.1. The minimum absolute atomic E-state index is 0.739. The Morgan fingerprint density at radius 3 is 1.18 bits per heavy atom. The average Bonchev–Trinajstić information content (AvgIpc) is 4.04. The highest BCUT2D eigenvalue weighted by Crippen LogP contribution is 2.39. The van der Waals surface area contributed by atoms with Crippen molar-refractivity contribution in [2.24, 2.45) is 0 Å². The second-order valence-corrected chi connectivity index (χ2v) is 20.8. The fourth-order valence-electron chi connectivity index (χ4n) is 7.43. The van der Waals surface area contributed by atoms with E-state index in [0.29, 0.717) is 0 Å². The van der Waals surface area contributed by atoms with E-state index in [1.54, 1.807) is 0 Å². The maximum absolute atomic E-state index is 6.95. The number of aromatic nitrogens is 3. The van der Waals surface area contributed by atoms with Gasteiger partial charge in [0.05, 0.1) is 33.9 Å². The third kappa shape index (κ3) is 7.24. The maximum Gasteiger partial charge on any atom is 0.137 e. The van der Waals surface area contributed by atoms with Gasteiger partial charge < -0.3 is 9.40 Å². The van der Waals surface area contributed by atoms with Gasteiger partial charge >= 0.3 is 0 Å². The molecule has 0 atom stereocenters. The Morgan fingerprint density at radius 1 is 0.439 bits per heavy atom. The molecule has 0 fully saturated rings. The van der Waals surface area contributed by atoms with Crippen LogP contribution in [-0.2, 0) is 0 Å². The number of nitrogens with zero attached hydrogens (tertiary/aromatic N) is 2. The topological polar surface area (TPSA) is 54.7 Å². The largest absolute Gasteiger partial charge is 0.456 e. The molecule has 0 spiro atoms. The fourth-order valence-corrected chi connectivity index (χ4v) is 7.95. The first-order valence-corrected chi connectivity index (χ1v) is 23.0. The number of aromatic amines is 1. The Morgan fingerprint density at radius 2 is 0.789 bits per heavy atom. The summed E-state index contributed by atoms with van der Waals surface area (Å²) in [4.78, 5) is 14.7. The minimum Gasteiger partial charge on any atom is -0.456 e. The van der Waals surface area contributed by atoms with Crippen LogP contribution in [0.25, 0.3) is 91.0 Å².